The van der Waals surface area contributed by atoms with Crippen molar-refractivity contribution < 1.29 is 28.4 Å². The van der Waals surface area contributed by atoms with E-state index in [1.54, 1.807) is 6.07 Å². The average Bonchev–Trinajstić information content (AvgIpc) is 3.31. The van der Waals surface area contributed by atoms with Crippen LogP contribution in [0.5, 0.6) is 11.5 Å². The Labute approximate surface area is 177 Å². The van der Waals surface area contributed by atoms with E-state index >= 15 is 0 Å². The Morgan fingerprint density at radius 2 is 1.65 bits per heavy atom. The smallest absolute Gasteiger partial charge is 0.273 e. The first-order valence-electron chi connectivity index (χ1n) is 9.13. The Balaban J connectivity index is 1.48. The molecule has 3 N–H and O–H groups in total. The molecule has 0 saturated carbocycles. The molecule has 0 saturated heterocycles. The first-order valence-corrected chi connectivity index (χ1v) is 9.13. The summed E-state index contributed by atoms with van der Waals surface area (Å²) in [6, 6.07) is 15.2. The third-order valence-corrected chi connectivity index (χ3v) is 4.17. The molecular formula is C21H20N4O6. The Bertz CT molecular complexity index is 1080. The molecular weight excluding hydrogens is 404 g/mol. The number of hydrazine groups is 1. The van der Waals surface area contributed by atoms with E-state index in [2.05, 4.69) is 21.3 Å². The van der Waals surface area contributed by atoms with Crippen molar-refractivity contribution in [2.24, 2.45) is 0 Å². The molecule has 0 aliphatic rings. The second-order valence-electron chi connectivity index (χ2n) is 6.20. The molecule has 0 aliphatic heterocycles. The van der Waals surface area contributed by atoms with Crippen LogP contribution < -0.4 is 25.6 Å². The largest absolute Gasteiger partial charge is 0.493 e. The quantitative estimate of drug-likeness (QED) is 0.490. The van der Waals surface area contributed by atoms with E-state index in [-0.39, 0.29) is 17.8 Å². The fourth-order valence-electron chi connectivity index (χ4n) is 2.59. The summed E-state index contributed by atoms with van der Waals surface area (Å²) in [5.41, 5.74) is 5.52. The standard InChI is InChI=1S/C21H20N4O6/c1-29-16-9-8-14(10-18(16)30-2)20(27)24-23-19(26)12-22-21(28)15-11-17(31-25-15)13-6-4-3-5-7-13/h3-11H,12H2,1-2H3,(H,22,28)(H,23,26)(H,24,27). The number of methoxy groups -OCH3 is 2. The minimum atomic E-state index is -0.631. The molecule has 2 aromatic carbocycles. The topological polar surface area (TPSA) is 132 Å². The molecule has 1 heterocycles. The van der Waals surface area contributed by atoms with Crippen molar-refractivity contribution in [1.82, 2.24) is 21.3 Å². The minimum Gasteiger partial charge on any atom is -0.493 e. The van der Waals surface area contributed by atoms with Crippen molar-refractivity contribution in [3.63, 3.8) is 0 Å². The number of ether oxygens (including phenoxy) is 2. The van der Waals surface area contributed by atoms with Gasteiger partial charge in [0.2, 0.25) is 0 Å². The van der Waals surface area contributed by atoms with Crippen LogP contribution in [0.4, 0.5) is 0 Å². The van der Waals surface area contributed by atoms with Crippen LogP contribution in [0.25, 0.3) is 11.3 Å². The normalized spacial score (nSPS) is 10.1. The monoisotopic (exact) mass is 424 g/mol. The van der Waals surface area contributed by atoms with Gasteiger partial charge in [0.1, 0.15) is 0 Å². The van der Waals surface area contributed by atoms with Crippen molar-refractivity contribution in [3.8, 4) is 22.8 Å². The van der Waals surface area contributed by atoms with Crippen LogP contribution in [0.2, 0.25) is 0 Å². The van der Waals surface area contributed by atoms with E-state index in [9.17, 15) is 14.4 Å². The van der Waals surface area contributed by atoms with E-state index < -0.39 is 17.7 Å². The van der Waals surface area contributed by atoms with Gasteiger partial charge in [0.05, 0.1) is 20.8 Å². The fourth-order valence-corrected chi connectivity index (χ4v) is 2.59. The summed E-state index contributed by atoms with van der Waals surface area (Å²) in [7, 11) is 2.93. The van der Waals surface area contributed by atoms with Crippen LogP contribution in [0.15, 0.2) is 59.1 Å². The number of carbonyl (C=O) groups is 3. The first kappa shape index (κ1) is 21.4. The molecule has 31 heavy (non-hydrogen) atoms. The molecule has 0 atom stereocenters. The number of carbonyl (C=O) groups excluding carboxylic acids is 3. The lowest BCUT2D eigenvalue weighted by molar-refractivity contribution is -0.120. The van der Waals surface area contributed by atoms with Gasteiger partial charge in [0, 0.05) is 17.2 Å². The summed E-state index contributed by atoms with van der Waals surface area (Å²) in [5.74, 6) is -0.520. The van der Waals surface area contributed by atoms with Crippen LogP contribution in [0, 0.1) is 0 Å². The van der Waals surface area contributed by atoms with Gasteiger partial charge in [-0.2, -0.15) is 0 Å². The Kier molecular flexibility index (Phi) is 6.84. The number of hydrogen-bond donors (Lipinski definition) is 3. The fraction of sp³-hybridized carbons (Fsp3) is 0.143. The van der Waals surface area contributed by atoms with E-state index in [0.717, 1.165) is 5.56 Å². The maximum absolute atomic E-state index is 12.2. The molecule has 10 heteroatoms. The molecule has 3 rings (SSSR count). The zero-order valence-corrected chi connectivity index (χ0v) is 16.8. The average molecular weight is 424 g/mol. The van der Waals surface area contributed by atoms with E-state index in [0.29, 0.717) is 17.3 Å². The van der Waals surface area contributed by atoms with E-state index in [1.165, 1.54) is 32.4 Å². The highest BCUT2D eigenvalue weighted by Crippen LogP contribution is 2.27. The number of hydrogen-bond acceptors (Lipinski definition) is 7. The number of benzene rings is 2. The highest BCUT2D eigenvalue weighted by Gasteiger charge is 2.15. The zero-order valence-electron chi connectivity index (χ0n) is 16.8. The third-order valence-electron chi connectivity index (χ3n) is 4.17. The van der Waals surface area contributed by atoms with Gasteiger partial charge in [-0.15, -0.1) is 0 Å². The second-order valence-corrected chi connectivity index (χ2v) is 6.20. The predicted molar refractivity (Wildman–Crippen MR) is 109 cm³/mol. The molecule has 160 valence electrons. The van der Waals surface area contributed by atoms with Gasteiger partial charge >= 0.3 is 0 Å². The van der Waals surface area contributed by atoms with E-state index in [1.807, 2.05) is 30.3 Å². The molecule has 3 aromatic rings. The number of nitrogens with one attached hydrogen (secondary N) is 3. The second kappa shape index (κ2) is 9.92. The summed E-state index contributed by atoms with van der Waals surface area (Å²) < 4.78 is 15.4. The molecule has 1 aromatic heterocycles. The van der Waals surface area contributed by atoms with Crippen molar-refractivity contribution in [3.05, 3.63) is 65.9 Å². The number of rotatable bonds is 7. The van der Waals surface area contributed by atoms with Crippen LogP contribution in [-0.2, 0) is 4.79 Å². The van der Waals surface area contributed by atoms with Crippen molar-refractivity contribution in [2.45, 2.75) is 0 Å². The van der Waals surface area contributed by atoms with Gasteiger partial charge in [0.25, 0.3) is 17.7 Å². The lowest BCUT2D eigenvalue weighted by Gasteiger charge is -2.11. The third kappa shape index (κ3) is 5.38. The summed E-state index contributed by atoms with van der Waals surface area (Å²) in [6.07, 6.45) is 0. The molecule has 3 amide bonds. The number of amides is 3. The molecule has 0 unspecified atom stereocenters. The number of aromatic nitrogens is 1. The van der Waals surface area contributed by atoms with Gasteiger partial charge < -0.3 is 19.3 Å². The van der Waals surface area contributed by atoms with Crippen molar-refractivity contribution in [1.29, 1.82) is 0 Å². The molecule has 10 nitrogen and oxygen atoms in total. The highest BCUT2D eigenvalue weighted by molar-refractivity contribution is 5.97. The maximum Gasteiger partial charge on any atom is 0.273 e. The summed E-state index contributed by atoms with van der Waals surface area (Å²) >= 11 is 0. The van der Waals surface area contributed by atoms with Gasteiger partial charge in [-0.05, 0) is 18.2 Å². The summed E-state index contributed by atoms with van der Waals surface area (Å²) in [6.45, 7) is -0.376. The molecule has 0 spiro atoms. The summed E-state index contributed by atoms with van der Waals surface area (Å²) in [5, 5.41) is 6.10. The van der Waals surface area contributed by atoms with Gasteiger partial charge in [0.15, 0.2) is 23.0 Å². The minimum absolute atomic E-state index is 0.0287. The Morgan fingerprint density at radius 1 is 0.903 bits per heavy atom. The predicted octanol–water partition coefficient (Wildman–Crippen LogP) is 1.55. The van der Waals surface area contributed by atoms with Gasteiger partial charge in [-0.25, -0.2) is 0 Å². The zero-order chi connectivity index (χ0) is 22.2. The van der Waals surface area contributed by atoms with Gasteiger partial charge in [-0.3, -0.25) is 25.2 Å². The lowest BCUT2D eigenvalue weighted by atomic mass is 10.1. The van der Waals surface area contributed by atoms with Crippen LogP contribution in [-0.4, -0.2) is 43.6 Å². The van der Waals surface area contributed by atoms with Crippen LogP contribution >= 0.6 is 0 Å². The summed E-state index contributed by atoms with van der Waals surface area (Å²) in [4.78, 5) is 36.3. The van der Waals surface area contributed by atoms with E-state index in [4.69, 9.17) is 14.0 Å². The SMILES string of the molecule is COc1ccc(C(=O)NNC(=O)CNC(=O)c2cc(-c3ccccc3)on2)cc1OC. The number of nitrogens with zero attached hydrogens (tertiary/aromatic N) is 1. The lowest BCUT2D eigenvalue weighted by Crippen LogP contribution is -2.46. The van der Waals surface area contributed by atoms with Crippen molar-refractivity contribution >= 4 is 17.7 Å². The molecule has 0 aliphatic carbocycles. The Hall–Kier alpha value is -4.34. The van der Waals surface area contributed by atoms with Crippen molar-refractivity contribution in [2.75, 3.05) is 20.8 Å². The van der Waals surface area contributed by atoms with Gasteiger partial charge in [-0.1, -0.05) is 35.5 Å². The molecule has 0 fully saturated rings. The molecule has 0 radical (unpaired) electrons. The van der Waals surface area contributed by atoms with Crippen LogP contribution in [0.3, 0.4) is 0 Å². The van der Waals surface area contributed by atoms with Crippen LogP contribution in [0.1, 0.15) is 20.8 Å². The molecule has 0 bridgehead atoms. The Morgan fingerprint density at radius 3 is 2.35 bits per heavy atom. The maximum atomic E-state index is 12.2. The first-order chi connectivity index (χ1) is 15.0. The highest BCUT2D eigenvalue weighted by atomic mass is 16.5.